The van der Waals surface area contributed by atoms with Crippen molar-refractivity contribution in [3.05, 3.63) is 59.8 Å². The van der Waals surface area contributed by atoms with Crippen LogP contribution in [0.1, 0.15) is 24.3 Å². The van der Waals surface area contributed by atoms with Crippen LogP contribution in [0.4, 0.5) is 4.39 Å². The minimum absolute atomic E-state index is 0.0327. The summed E-state index contributed by atoms with van der Waals surface area (Å²) in [5.74, 6) is 0.479. The maximum atomic E-state index is 12.8. The number of aliphatic hydroxyl groups excluding tert-OH is 1. The van der Waals surface area contributed by atoms with E-state index < -0.39 is 6.10 Å². The van der Waals surface area contributed by atoms with Crippen LogP contribution in [0.25, 0.3) is 0 Å². The first-order valence-corrected chi connectivity index (χ1v) is 6.92. The van der Waals surface area contributed by atoms with Crippen LogP contribution in [-0.4, -0.2) is 24.4 Å². The van der Waals surface area contributed by atoms with E-state index in [9.17, 15) is 9.50 Å². The van der Waals surface area contributed by atoms with E-state index in [1.54, 1.807) is 24.5 Å². The molecular weight excluding hydrogens is 273 g/mol. The molecule has 0 spiro atoms. The predicted octanol–water partition coefficient (Wildman–Crippen LogP) is 2.65. The Kier molecular flexibility index (Phi) is 5.92. The van der Waals surface area contributed by atoms with Gasteiger partial charge in [0.15, 0.2) is 0 Å². The number of halogens is 1. The van der Waals surface area contributed by atoms with Crippen molar-refractivity contribution in [3.63, 3.8) is 0 Å². The van der Waals surface area contributed by atoms with Gasteiger partial charge in [0.2, 0.25) is 0 Å². The number of hydrogen-bond donors (Lipinski definition) is 2. The first-order chi connectivity index (χ1) is 10.1. The molecule has 0 amide bonds. The van der Waals surface area contributed by atoms with E-state index in [-0.39, 0.29) is 18.5 Å². The molecule has 0 saturated heterocycles. The fourth-order valence-electron chi connectivity index (χ4n) is 1.93. The number of furan rings is 1. The lowest BCUT2D eigenvalue weighted by molar-refractivity contribution is 0.0217. The van der Waals surface area contributed by atoms with Gasteiger partial charge in [0.1, 0.15) is 18.2 Å². The van der Waals surface area contributed by atoms with Gasteiger partial charge in [-0.15, -0.1) is 0 Å². The van der Waals surface area contributed by atoms with Crippen LogP contribution < -0.4 is 5.32 Å². The summed E-state index contributed by atoms with van der Waals surface area (Å²) in [4.78, 5) is 0. The van der Waals surface area contributed by atoms with Crippen LogP contribution >= 0.6 is 0 Å². The fraction of sp³-hybridized carbons (Fsp3) is 0.375. The van der Waals surface area contributed by atoms with Crippen LogP contribution in [0, 0.1) is 5.82 Å². The molecule has 5 heteroatoms. The Balaban J connectivity index is 1.66. The summed E-state index contributed by atoms with van der Waals surface area (Å²) in [7, 11) is 0. The maximum absolute atomic E-state index is 12.8. The predicted molar refractivity (Wildman–Crippen MR) is 77.2 cm³/mol. The highest BCUT2D eigenvalue weighted by atomic mass is 19.1. The lowest BCUT2D eigenvalue weighted by Crippen LogP contribution is -2.32. The minimum atomic E-state index is -0.608. The molecule has 0 aliphatic rings. The number of hydrogen-bond acceptors (Lipinski definition) is 4. The van der Waals surface area contributed by atoms with Gasteiger partial charge in [-0.1, -0.05) is 12.1 Å². The molecule has 1 aromatic carbocycles. The zero-order valence-corrected chi connectivity index (χ0v) is 12.0. The standard InChI is InChI=1S/C16H20FNO3/c1-12(13-4-6-14(17)7-5-13)18-9-15(19)10-20-11-16-3-2-8-21-16/h2-8,12,15,18-19H,9-11H2,1H3/t12-,15?/m1/s1. The van der Waals surface area contributed by atoms with Gasteiger partial charge in [0, 0.05) is 12.6 Å². The molecule has 4 nitrogen and oxygen atoms in total. The van der Waals surface area contributed by atoms with Crippen molar-refractivity contribution in [3.8, 4) is 0 Å². The summed E-state index contributed by atoms with van der Waals surface area (Å²) in [5, 5.41) is 13.0. The van der Waals surface area contributed by atoms with Gasteiger partial charge in [-0.05, 0) is 36.8 Å². The van der Waals surface area contributed by atoms with E-state index in [2.05, 4.69) is 5.32 Å². The van der Waals surface area contributed by atoms with Crippen LogP contribution in [0.2, 0.25) is 0 Å². The van der Waals surface area contributed by atoms with Crippen LogP contribution in [0.15, 0.2) is 47.1 Å². The van der Waals surface area contributed by atoms with Crippen LogP contribution in [0.5, 0.6) is 0 Å². The highest BCUT2D eigenvalue weighted by molar-refractivity contribution is 5.19. The zero-order valence-electron chi connectivity index (χ0n) is 12.0. The molecule has 1 heterocycles. The number of benzene rings is 1. The third-order valence-corrected chi connectivity index (χ3v) is 3.16. The number of rotatable bonds is 8. The highest BCUT2D eigenvalue weighted by Gasteiger charge is 2.09. The van der Waals surface area contributed by atoms with Crippen molar-refractivity contribution in [2.45, 2.75) is 25.7 Å². The SMILES string of the molecule is C[C@@H](NCC(O)COCc1ccco1)c1ccc(F)cc1. The maximum Gasteiger partial charge on any atom is 0.129 e. The van der Waals surface area contributed by atoms with Crippen molar-refractivity contribution in [2.24, 2.45) is 0 Å². The van der Waals surface area contributed by atoms with E-state index in [0.29, 0.717) is 13.2 Å². The van der Waals surface area contributed by atoms with E-state index >= 15 is 0 Å². The van der Waals surface area contributed by atoms with Gasteiger partial charge < -0.3 is 19.6 Å². The van der Waals surface area contributed by atoms with Gasteiger partial charge in [0.05, 0.1) is 19.0 Å². The molecule has 0 aliphatic heterocycles. The molecule has 1 aromatic heterocycles. The summed E-state index contributed by atoms with van der Waals surface area (Å²) in [6.45, 7) is 2.93. The Morgan fingerprint density at radius 2 is 2.05 bits per heavy atom. The smallest absolute Gasteiger partial charge is 0.129 e. The molecule has 2 N–H and O–H groups in total. The van der Waals surface area contributed by atoms with E-state index in [1.165, 1.54) is 12.1 Å². The van der Waals surface area contributed by atoms with Crippen molar-refractivity contribution in [1.29, 1.82) is 0 Å². The lowest BCUT2D eigenvalue weighted by atomic mass is 10.1. The Bertz CT molecular complexity index is 513. The topological polar surface area (TPSA) is 54.6 Å². The van der Waals surface area contributed by atoms with Crippen LogP contribution in [-0.2, 0) is 11.3 Å². The number of aliphatic hydroxyl groups is 1. The number of nitrogens with one attached hydrogen (secondary N) is 1. The van der Waals surface area contributed by atoms with E-state index in [4.69, 9.17) is 9.15 Å². The third kappa shape index (κ3) is 5.30. The van der Waals surface area contributed by atoms with Crippen molar-refractivity contribution >= 4 is 0 Å². The average Bonchev–Trinajstić information content (AvgIpc) is 2.99. The fourth-order valence-corrected chi connectivity index (χ4v) is 1.93. The van der Waals surface area contributed by atoms with Gasteiger partial charge in [0.25, 0.3) is 0 Å². The summed E-state index contributed by atoms with van der Waals surface area (Å²) in [5.41, 5.74) is 0.972. The minimum Gasteiger partial charge on any atom is -0.467 e. The molecule has 114 valence electrons. The van der Waals surface area contributed by atoms with Crippen molar-refractivity contribution in [1.82, 2.24) is 5.32 Å². The number of ether oxygens (including phenoxy) is 1. The normalized spacial score (nSPS) is 14.0. The summed E-state index contributed by atoms with van der Waals surface area (Å²) in [6, 6.07) is 9.96. The summed E-state index contributed by atoms with van der Waals surface area (Å²) in [6.07, 6.45) is 0.976. The summed E-state index contributed by atoms with van der Waals surface area (Å²) < 4.78 is 23.3. The third-order valence-electron chi connectivity index (χ3n) is 3.16. The molecule has 21 heavy (non-hydrogen) atoms. The highest BCUT2D eigenvalue weighted by Crippen LogP contribution is 2.12. The molecule has 0 aliphatic carbocycles. The quantitative estimate of drug-likeness (QED) is 0.785. The van der Waals surface area contributed by atoms with E-state index in [1.807, 2.05) is 13.0 Å². The average molecular weight is 293 g/mol. The van der Waals surface area contributed by atoms with E-state index in [0.717, 1.165) is 11.3 Å². The molecule has 0 fully saturated rings. The molecule has 1 unspecified atom stereocenters. The molecule has 0 radical (unpaired) electrons. The Hall–Kier alpha value is -1.69. The first kappa shape index (κ1) is 15.7. The largest absolute Gasteiger partial charge is 0.467 e. The second-order valence-electron chi connectivity index (χ2n) is 4.93. The molecule has 0 saturated carbocycles. The monoisotopic (exact) mass is 293 g/mol. The molecule has 2 aromatic rings. The lowest BCUT2D eigenvalue weighted by Gasteiger charge is -2.17. The first-order valence-electron chi connectivity index (χ1n) is 6.92. The van der Waals surface area contributed by atoms with Crippen molar-refractivity contribution in [2.75, 3.05) is 13.2 Å². The molecule has 2 rings (SSSR count). The Morgan fingerprint density at radius 3 is 2.71 bits per heavy atom. The van der Waals surface area contributed by atoms with Gasteiger partial charge in [-0.2, -0.15) is 0 Å². The summed E-state index contributed by atoms with van der Waals surface area (Å²) >= 11 is 0. The van der Waals surface area contributed by atoms with Crippen LogP contribution in [0.3, 0.4) is 0 Å². The molecule has 2 atom stereocenters. The Labute approximate surface area is 123 Å². The second-order valence-corrected chi connectivity index (χ2v) is 4.93. The van der Waals surface area contributed by atoms with Gasteiger partial charge in [-0.25, -0.2) is 4.39 Å². The zero-order chi connectivity index (χ0) is 15.1. The van der Waals surface area contributed by atoms with Gasteiger partial charge >= 0.3 is 0 Å². The van der Waals surface area contributed by atoms with Crippen molar-refractivity contribution < 1.29 is 18.7 Å². The molecule has 0 bridgehead atoms. The second kappa shape index (κ2) is 7.93. The molecular formula is C16H20FNO3. The Morgan fingerprint density at radius 1 is 1.29 bits per heavy atom. The van der Waals surface area contributed by atoms with Gasteiger partial charge in [-0.3, -0.25) is 0 Å².